The topological polar surface area (TPSA) is 71.1 Å². The maximum atomic E-state index is 12.5. The van der Waals surface area contributed by atoms with Crippen molar-refractivity contribution in [1.29, 1.82) is 0 Å². The van der Waals surface area contributed by atoms with Gasteiger partial charge in [0.05, 0.1) is 16.8 Å². The molecular formula is C21H23N3O2S. The number of nitrogens with zero attached hydrogens (tertiary/aromatic N) is 1. The third kappa shape index (κ3) is 4.65. The minimum atomic E-state index is -3.66. The molecule has 0 saturated heterocycles. The Hall–Kier alpha value is -2.86. The third-order valence-electron chi connectivity index (χ3n) is 4.16. The molecule has 27 heavy (non-hydrogen) atoms. The van der Waals surface area contributed by atoms with Crippen LogP contribution < -0.4 is 10.0 Å². The lowest BCUT2D eigenvalue weighted by Crippen LogP contribution is -2.14. The van der Waals surface area contributed by atoms with Gasteiger partial charge in [0.15, 0.2) is 0 Å². The highest BCUT2D eigenvalue weighted by Crippen LogP contribution is 2.27. The van der Waals surface area contributed by atoms with Crippen LogP contribution in [0.25, 0.3) is 0 Å². The second-order valence-corrected chi connectivity index (χ2v) is 8.40. The van der Waals surface area contributed by atoms with Crippen molar-refractivity contribution in [3.8, 4) is 0 Å². The molecule has 0 unspecified atom stereocenters. The van der Waals surface area contributed by atoms with Crippen molar-refractivity contribution < 1.29 is 8.42 Å². The zero-order chi connectivity index (χ0) is 19.4. The van der Waals surface area contributed by atoms with E-state index in [1.165, 1.54) is 5.56 Å². The van der Waals surface area contributed by atoms with E-state index in [4.69, 9.17) is 0 Å². The molecule has 0 saturated carbocycles. The van der Waals surface area contributed by atoms with Crippen LogP contribution in [0.4, 0.5) is 17.2 Å². The summed E-state index contributed by atoms with van der Waals surface area (Å²) in [6, 6.07) is 18.3. The van der Waals surface area contributed by atoms with E-state index in [9.17, 15) is 8.42 Å². The average Bonchev–Trinajstić information content (AvgIpc) is 2.63. The lowest BCUT2D eigenvalue weighted by molar-refractivity contribution is 0.601. The Balaban J connectivity index is 1.76. The van der Waals surface area contributed by atoms with E-state index in [1.807, 2.05) is 31.2 Å². The Morgan fingerprint density at radius 2 is 1.74 bits per heavy atom. The summed E-state index contributed by atoms with van der Waals surface area (Å²) in [6.07, 6.45) is 1.62. The highest BCUT2D eigenvalue weighted by Gasteiger charge is 2.15. The molecule has 1 aromatic heterocycles. The number of sulfonamides is 1. The van der Waals surface area contributed by atoms with Crippen molar-refractivity contribution in [2.75, 3.05) is 10.0 Å². The number of para-hydroxylation sites is 1. The van der Waals surface area contributed by atoms with E-state index in [0.29, 0.717) is 5.92 Å². The van der Waals surface area contributed by atoms with Crippen LogP contribution in [0.1, 0.15) is 30.9 Å². The number of anilines is 3. The lowest BCUT2D eigenvalue weighted by Gasteiger charge is -2.14. The van der Waals surface area contributed by atoms with Gasteiger partial charge in [-0.2, -0.15) is 0 Å². The van der Waals surface area contributed by atoms with Crippen LogP contribution in [0, 0.1) is 6.92 Å². The van der Waals surface area contributed by atoms with Crippen molar-refractivity contribution in [3.63, 3.8) is 0 Å². The van der Waals surface area contributed by atoms with Crippen LogP contribution in [0.15, 0.2) is 71.8 Å². The van der Waals surface area contributed by atoms with Gasteiger partial charge in [-0.3, -0.25) is 4.72 Å². The molecule has 0 aliphatic heterocycles. The Morgan fingerprint density at radius 1 is 0.963 bits per heavy atom. The Labute approximate surface area is 160 Å². The van der Waals surface area contributed by atoms with Crippen LogP contribution in [0.2, 0.25) is 0 Å². The SMILES string of the molecule is Cc1cccc(S(=O)(=O)Nc2ccc(Nc3ccccc3C(C)C)cn2)c1. The molecular weight excluding hydrogens is 358 g/mol. The van der Waals surface area contributed by atoms with Gasteiger partial charge in [-0.15, -0.1) is 0 Å². The van der Waals surface area contributed by atoms with Gasteiger partial charge in [0.1, 0.15) is 5.82 Å². The van der Waals surface area contributed by atoms with Gasteiger partial charge in [-0.05, 0) is 54.3 Å². The maximum Gasteiger partial charge on any atom is 0.263 e. The van der Waals surface area contributed by atoms with Gasteiger partial charge in [-0.1, -0.05) is 44.2 Å². The first-order valence-electron chi connectivity index (χ1n) is 8.76. The molecule has 0 aliphatic rings. The molecule has 140 valence electrons. The number of nitrogens with one attached hydrogen (secondary N) is 2. The molecule has 0 fully saturated rings. The number of pyridine rings is 1. The predicted molar refractivity (Wildman–Crippen MR) is 110 cm³/mol. The summed E-state index contributed by atoms with van der Waals surface area (Å²) in [5.74, 6) is 0.668. The summed E-state index contributed by atoms with van der Waals surface area (Å²) >= 11 is 0. The number of aromatic nitrogens is 1. The zero-order valence-corrected chi connectivity index (χ0v) is 16.4. The van der Waals surface area contributed by atoms with Gasteiger partial charge in [-0.25, -0.2) is 13.4 Å². The van der Waals surface area contributed by atoms with Crippen molar-refractivity contribution in [1.82, 2.24) is 4.98 Å². The minimum Gasteiger partial charge on any atom is -0.354 e. The van der Waals surface area contributed by atoms with Crippen LogP contribution >= 0.6 is 0 Å². The first kappa shape index (κ1) is 18.9. The van der Waals surface area contributed by atoms with Crippen molar-refractivity contribution in [3.05, 3.63) is 78.0 Å². The quantitative estimate of drug-likeness (QED) is 0.626. The van der Waals surface area contributed by atoms with E-state index in [1.54, 1.807) is 36.5 Å². The number of hydrogen-bond donors (Lipinski definition) is 2. The summed E-state index contributed by atoms with van der Waals surface area (Å²) in [7, 11) is -3.66. The Morgan fingerprint density at radius 3 is 2.41 bits per heavy atom. The molecule has 3 aromatic rings. The highest BCUT2D eigenvalue weighted by atomic mass is 32.2. The van der Waals surface area contributed by atoms with Crippen molar-refractivity contribution >= 4 is 27.2 Å². The number of benzene rings is 2. The average molecular weight is 382 g/mol. The van der Waals surface area contributed by atoms with E-state index in [-0.39, 0.29) is 10.7 Å². The maximum absolute atomic E-state index is 12.5. The van der Waals surface area contributed by atoms with Crippen molar-refractivity contribution in [2.24, 2.45) is 0 Å². The first-order valence-corrected chi connectivity index (χ1v) is 10.2. The summed E-state index contributed by atoms with van der Waals surface area (Å²) < 4.78 is 27.5. The fourth-order valence-corrected chi connectivity index (χ4v) is 3.89. The molecule has 0 atom stereocenters. The fraction of sp³-hybridized carbons (Fsp3) is 0.190. The van der Waals surface area contributed by atoms with Crippen LogP contribution in [-0.4, -0.2) is 13.4 Å². The second-order valence-electron chi connectivity index (χ2n) is 6.72. The number of aryl methyl sites for hydroxylation is 1. The van der Waals surface area contributed by atoms with Gasteiger partial charge in [0.2, 0.25) is 0 Å². The molecule has 0 amide bonds. The standard InChI is InChI=1S/C21H23N3O2S/c1-15(2)19-9-4-5-10-20(19)23-17-11-12-21(22-14-17)24-27(25,26)18-8-6-7-16(3)13-18/h4-15,23H,1-3H3,(H,22,24). The third-order valence-corrected chi connectivity index (χ3v) is 5.52. The minimum absolute atomic E-state index is 0.220. The van der Waals surface area contributed by atoms with E-state index >= 15 is 0 Å². The van der Waals surface area contributed by atoms with Gasteiger partial charge in [0.25, 0.3) is 10.0 Å². The molecule has 2 aromatic carbocycles. The zero-order valence-electron chi connectivity index (χ0n) is 15.6. The predicted octanol–water partition coefficient (Wildman–Crippen LogP) is 5.06. The summed E-state index contributed by atoms with van der Waals surface area (Å²) in [6.45, 7) is 6.14. The molecule has 0 radical (unpaired) electrons. The largest absolute Gasteiger partial charge is 0.354 e. The van der Waals surface area contributed by atoms with Gasteiger partial charge >= 0.3 is 0 Å². The van der Waals surface area contributed by atoms with E-state index < -0.39 is 10.0 Å². The van der Waals surface area contributed by atoms with E-state index in [0.717, 1.165) is 16.9 Å². The molecule has 6 heteroatoms. The molecule has 0 aliphatic carbocycles. The molecule has 5 nitrogen and oxygen atoms in total. The molecule has 2 N–H and O–H groups in total. The number of hydrogen-bond acceptors (Lipinski definition) is 4. The smallest absolute Gasteiger partial charge is 0.263 e. The Kier molecular flexibility index (Phi) is 5.46. The molecule has 0 bridgehead atoms. The van der Waals surface area contributed by atoms with E-state index in [2.05, 4.69) is 34.9 Å². The highest BCUT2D eigenvalue weighted by molar-refractivity contribution is 7.92. The fourth-order valence-electron chi connectivity index (χ4n) is 2.78. The Bertz CT molecular complexity index is 1030. The van der Waals surface area contributed by atoms with Crippen molar-refractivity contribution in [2.45, 2.75) is 31.6 Å². The van der Waals surface area contributed by atoms with Crippen LogP contribution in [-0.2, 0) is 10.0 Å². The summed E-state index contributed by atoms with van der Waals surface area (Å²) in [5, 5.41) is 3.34. The molecule has 1 heterocycles. The second kappa shape index (κ2) is 7.80. The van der Waals surface area contributed by atoms with Crippen LogP contribution in [0.3, 0.4) is 0 Å². The number of rotatable bonds is 6. The van der Waals surface area contributed by atoms with Gasteiger partial charge in [0, 0.05) is 5.69 Å². The van der Waals surface area contributed by atoms with Gasteiger partial charge < -0.3 is 5.32 Å². The summed E-state index contributed by atoms with van der Waals surface area (Å²) in [4.78, 5) is 4.45. The first-order chi connectivity index (χ1) is 12.8. The lowest BCUT2D eigenvalue weighted by atomic mass is 10.0. The molecule has 0 spiro atoms. The molecule has 3 rings (SSSR count). The normalized spacial score (nSPS) is 11.4. The van der Waals surface area contributed by atoms with Crippen LogP contribution in [0.5, 0.6) is 0 Å². The summed E-state index contributed by atoms with van der Waals surface area (Å²) in [5.41, 5.74) is 3.90. The monoisotopic (exact) mass is 381 g/mol.